The summed E-state index contributed by atoms with van der Waals surface area (Å²) in [5, 5.41) is 31.2. The number of hydrogen-bond donors (Lipinski definition) is 3. The minimum atomic E-state index is -0.627. The molecule has 13 unspecified atom stereocenters. The third-order valence-corrected chi connectivity index (χ3v) is 12.7. The average Bonchev–Trinajstić information content (AvgIpc) is 3.35. The Morgan fingerprint density at radius 2 is 1.72 bits per heavy atom. The number of hydrogen-bond acceptors (Lipinski definition) is 5. The monoisotopic (exact) mass is 546 g/mol. The Hall–Kier alpha value is -0.460. The third kappa shape index (κ3) is 5.54. The molecule has 0 aromatic carbocycles. The number of aliphatic hydroxyl groups excluding tert-OH is 3. The van der Waals surface area contributed by atoms with E-state index in [4.69, 9.17) is 9.47 Å². The second kappa shape index (κ2) is 12.0. The first-order valence-electron chi connectivity index (χ1n) is 16.5. The molecule has 0 bridgehead atoms. The van der Waals surface area contributed by atoms with Crippen molar-refractivity contribution in [2.75, 3.05) is 6.61 Å². The lowest BCUT2D eigenvalue weighted by Gasteiger charge is -2.65. The molecule has 5 nitrogen and oxygen atoms in total. The fraction of sp³-hybridized carbons (Fsp3) is 0.941. The smallest absolute Gasteiger partial charge is 0.158 e. The zero-order valence-corrected chi connectivity index (χ0v) is 25.4. The SMILES string of the molecule is CC/C=C/CCC(C)C1CCC2C1CCC1C2CC(OC2CCC(O)C(CO)O2)C2C(C)(C)C(O)CCC12C. The van der Waals surface area contributed by atoms with Crippen molar-refractivity contribution in [2.24, 2.45) is 52.3 Å². The molecule has 5 rings (SSSR count). The van der Waals surface area contributed by atoms with Crippen LogP contribution in [-0.4, -0.2) is 52.6 Å². The van der Waals surface area contributed by atoms with E-state index in [2.05, 4.69) is 46.8 Å². The fourth-order valence-electron chi connectivity index (χ4n) is 10.9. The van der Waals surface area contributed by atoms with Crippen molar-refractivity contribution in [3.8, 4) is 0 Å². The molecular weight excluding hydrogens is 488 g/mol. The molecule has 5 fully saturated rings. The van der Waals surface area contributed by atoms with Gasteiger partial charge < -0.3 is 24.8 Å². The lowest BCUT2D eigenvalue weighted by molar-refractivity contribution is -0.292. The summed E-state index contributed by atoms with van der Waals surface area (Å²) >= 11 is 0. The molecule has 0 amide bonds. The maximum atomic E-state index is 11.2. The van der Waals surface area contributed by atoms with E-state index in [9.17, 15) is 15.3 Å². The van der Waals surface area contributed by atoms with Gasteiger partial charge in [0.15, 0.2) is 6.29 Å². The summed E-state index contributed by atoms with van der Waals surface area (Å²) in [7, 11) is 0. The van der Waals surface area contributed by atoms with E-state index in [-0.39, 0.29) is 35.6 Å². The Balaban J connectivity index is 1.37. The normalized spacial score (nSPS) is 48.4. The Kier molecular flexibility index (Phi) is 9.26. The molecule has 224 valence electrons. The van der Waals surface area contributed by atoms with Crippen LogP contribution in [0.1, 0.15) is 112 Å². The van der Waals surface area contributed by atoms with Crippen molar-refractivity contribution >= 4 is 0 Å². The Morgan fingerprint density at radius 3 is 2.46 bits per heavy atom. The highest BCUT2D eigenvalue weighted by molar-refractivity contribution is 5.13. The first kappa shape index (κ1) is 30.0. The summed E-state index contributed by atoms with van der Waals surface area (Å²) in [6.07, 6.45) is 16.2. The van der Waals surface area contributed by atoms with Crippen molar-refractivity contribution in [3.63, 3.8) is 0 Å². The zero-order valence-electron chi connectivity index (χ0n) is 25.4. The first-order valence-corrected chi connectivity index (χ1v) is 16.5. The molecule has 13 atom stereocenters. The lowest BCUT2D eigenvalue weighted by Crippen LogP contribution is -2.64. The first-order chi connectivity index (χ1) is 18.6. The highest BCUT2D eigenvalue weighted by Gasteiger charge is 2.64. The van der Waals surface area contributed by atoms with Crippen LogP contribution in [0, 0.1) is 52.3 Å². The highest BCUT2D eigenvalue weighted by atomic mass is 16.7. The topological polar surface area (TPSA) is 79.2 Å². The standard InChI is InChI=1S/C34H58O5/c1-6-7-8-9-10-21(2)22-11-12-24-23(22)13-14-26-25(24)19-28(38-31-16-15-27(36)29(20-35)39-31)32-33(3,4)30(37)17-18-34(26,32)5/h7-8,21-32,35-37H,6,9-20H2,1-5H3/b8-7+. The predicted molar refractivity (Wildman–Crippen MR) is 155 cm³/mol. The van der Waals surface area contributed by atoms with E-state index >= 15 is 0 Å². The molecular formula is C34H58O5. The van der Waals surface area contributed by atoms with Crippen molar-refractivity contribution in [2.45, 2.75) is 142 Å². The zero-order chi connectivity index (χ0) is 27.9. The van der Waals surface area contributed by atoms with Crippen LogP contribution in [0.5, 0.6) is 0 Å². The van der Waals surface area contributed by atoms with Gasteiger partial charge in [0.1, 0.15) is 6.10 Å². The van der Waals surface area contributed by atoms with Gasteiger partial charge in [-0.05, 0) is 123 Å². The van der Waals surface area contributed by atoms with Crippen molar-refractivity contribution < 1.29 is 24.8 Å². The van der Waals surface area contributed by atoms with Gasteiger partial charge in [0.2, 0.25) is 0 Å². The van der Waals surface area contributed by atoms with Gasteiger partial charge in [-0.3, -0.25) is 0 Å². The van der Waals surface area contributed by atoms with Gasteiger partial charge in [-0.1, -0.05) is 46.8 Å². The second-order valence-electron chi connectivity index (χ2n) is 15.1. The summed E-state index contributed by atoms with van der Waals surface area (Å²) in [5.74, 6) is 4.94. The van der Waals surface area contributed by atoms with E-state index in [0.717, 1.165) is 49.4 Å². The summed E-state index contributed by atoms with van der Waals surface area (Å²) in [6.45, 7) is 11.6. The molecule has 0 spiro atoms. The maximum Gasteiger partial charge on any atom is 0.158 e. The third-order valence-electron chi connectivity index (χ3n) is 12.7. The molecule has 0 radical (unpaired) electrons. The quantitative estimate of drug-likeness (QED) is 0.240. The number of ether oxygens (including phenoxy) is 2. The van der Waals surface area contributed by atoms with Crippen molar-refractivity contribution in [3.05, 3.63) is 12.2 Å². The van der Waals surface area contributed by atoms with E-state index in [0.29, 0.717) is 24.7 Å². The number of fused-ring (bicyclic) bond motifs is 5. The van der Waals surface area contributed by atoms with E-state index < -0.39 is 18.5 Å². The Morgan fingerprint density at radius 1 is 0.949 bits per heavy atom. The minimum absolute atomic E-state index is 0.0372. The molecule has 39 heavy (non-hydrogen) atoms. The summed E-state index contributed by atoms with van der Waals surface area (Å²) in [4.78, 5) is 0. The van der Waals surface area contributed by atoms with Gasteiger partial charge in [-0.15, -0.1) is 0 Å². The number of rotatable bonds is 8. The van der Waals surface area contributed by atoms with Gasteiger partial charge in [0, 0.05) is 6.42 Å². The van der Waals surface area contributed by atoms with Crippen LogP contribution < -0.4 is 0 Å². The van der Waals surface area contributed by atoms with Crippen LogP contribution in [0.2, 0.25) is 0 Å². The Bertz CT molecular complexity index is 841. The summed E-state index contributed by atoms with van der Waals surface area (Å²) in [6, 6.07) is 0. The molecule has 1 aliphatic heterocycles. The number of aliphatic hydroxyl groups is 3. The van der Waals surface area contributed by atoms with Crippen molar-refractivity contribution in [1.82, 2.24) is 0 Å². The second-order valence-corrected chi connectivity index (χ2v) is 15.1. The largest absolute Gasteiger partial charge is 0.394 e. The van der Waals surface area contributed by atoms with Gasteiger partial charge in [0.05, 0.1) is 24.9 Å². The van der Waals surface area contributed by atoms with Crippen LogP contribution in [-0.2, 0) is 9.47 Å². The number of allylic oxidation sites excluding steroid dienone is 2. The molecule has 1 heterocycles. The highest BCUT2D eigenvalue weighted by Crippen LogP contribution is 2.68. The van der Waals surface area contributed by atoms with Gasteiger partial charge in [-0.25, -0.2) is 0 Å². The van der Waals surface area contributed by atoms with Gasteiger partial charge in [-0.2, -0.15) is 0 Å². The molecule has 0 aromatic rings. The van der Waals surface area contributed by atoms with Crippen LogP contribution >= 0.6 is 0 Å². The molecule has 4 saturated carbocycles. The summed E-state index contributed by atoms with van der Waals surface area (Å²) in [5.41, 5.74) is -0.0662. The maximum absolute atomic E-state index is 11.2. The molecule has 5 aliphatic rings. The molecule has 4 aliphatic carbocycles. The molecule has 3 N–H and O–H groups in total. The summed E-state index contributed by atoms with van der Waals surface area (Å²) < 4.78 is 13.0. The van der Waals surface area contributed by atoms with Crippen LogP contribution in [0.3, 0.4) is 0 Å². The fourth-order valence-corrected chi connectivity index (χ4v) is 10.9. The Labute approximate surface area is 238 Å². The van der Waals surface area contributed by atoms with E-state index in [1.54, 1.807) is 0 Å². The average molecular weight is 547 g/mol. The van der Waals surface area contributed by atoms with Crippen molar-refractivity contribution in [1.29, 1.82) is 0 Å². The minimum Gasteiger partial charge on any atom is -0.394 e. The molecule has 1 saturated heterocycles. The molecule has 5 heteroatoms. The van der Waals surface area contributed by atoms with E-state index in [1.165, 1.54) is 38.5 Å². The van der Waals surface area contributed by atoms with E-state index in [1.807, 2.05) is 0 Å². The van der Waals surface area contributed by atoms with Crippen LogP contribution in [0.4, 0.5) is 0 Å². The lowest BCUT2D eigenvalue weighted by atomic mass is 9.41. The van der Waals surface area contributed by atoms with Gasteiger partial charge in [0.25, 0.3) is 0 Å². The van der Waals surface area contributed by atoms with Gasteiger partial charge >= 0.3 is 0 Å². The van der Waals surface area contributed by atoms with Crippen LogP contribution in [0.25, 0.3) is 0 Å². The van der Waals surface area contributed by atoms with Crippen LogP contribution in [0.15, 0.2) is 12.2 Å². The predicted octanol–water partition coefficient (Wildman–Crippen LogP) is 6.49. The molecule has 0 aromatic heterocycles.